The van der Waals surface area contributed by atoms with Crippen LogP contribution in [0.5, 0.6) is 0 Å². The first-order valence-electron chi connectivity index (χ1n) is 10.5. The van der Waals surface area contributed by atoms with E-state index in [1.165, 1.54) is 0 Å². The predicted octanol–water partition coefficient (Wildman–Crippen LogP) is 3.87. The number of carbonyl (C=O) groups is 2. The Kier molecular flexibility index (Phi) is 6.72. The minimum absolute atomic E-state index is 0.0321. The van der Waals surface area contributed by atoms with E-state index in [2.05, 4.69) is 26.4 Å². The van der Waals surface area contributed by atoms with Crippen molar-refractivity contribution >= 4 is 29.4 Å². The van der Waals surface area contributed by atoms with E-state index in [1.54, 1.807) is 22.9 Å². The summed E-state index contributed by atoms with van der Waals surface area (Å²) in [7, 11) is 0. The van der Waals surface area contributed by atoms with Gasteiger partial charge in [0.15, 0.2) is 6.29 Å². The molecule has 0 radical (unpaired) electrons. The molecule has 166 valence electrons. The van der Waals surface area contributed by atoms with Crippen molar-refractivity contribution in [2.45, 2.75) is 38.6 Å². The Balaban J connectivity index is 1.55. The fourth-order valence-corrected chi connectivity index (χ4v) is 3.66. The molecule has 2 heterocycles. The largest absolute Gasteiger partial charge is 0.334 e. The lowest BCUT2D eigenvalue weighted by Crippen LogP contribution is -2.53. The number of nitrogens with zero attached hydrogens (tertiary/aromatic N) is 2. The fourth-order valence-electron chi connectivity index (χ4n) is 3.53. The molecule has 0 aliphatic carbocycles. The van der Waals surface area contributed by atoms with E-state index < -0.39 is 6.29 Å². The van der Waals surface area contributed by atoms with Gasteiger partial charge in [0, 0.05) is 35.7 Å². The number of aromatic nitrogens is 2. The summed E-state index contributed by atoms with van der Waals surface area (Å²) in [5.74, 6) is 0.405. The van der Waals surface area contributed by atoms with Crippen LogP contribution in [0.25, 0.3) is 11.3 Å². The second-order valence-corrected chi connectivity index (χ2v) is 8.04. The lowest BCUT2D eigenvalue weighted by molar-refractivity contribution is -0.125. The van der Waals surface area contributed by atoms with Crippen LogP contribution < -0.4 is 21.3 Å². The van der Waals surface area contributed by atoms with Gasteiger partial charge in [-0.25, -0.2) is 9.48 Å². The third-order valence-corrected chi connectivity index (χ3v) is 5.53. The highest BCUT2D eigenvalue weighted by atomic mass is 35.5. The Morgan fingerprint density at radius 3 is 2.66 bits per heavy atom. The van der Waals surface area contributed by atoms with Crippen LogP contribution in [0.2, 0.25) is 5.02 Å². The Hall–Kier alpha value is -3.36. The summed E-state index contributed by atoms with van der Waals surface area (Å²) >= 11 is 5.91. The Morgan fingerprint density at radius 1 is 1.19 bits per heavy atom. The third-order valence-electron chi connectivity index (χ3n) is 5.27. The van der Waals surface area contributed by atoms with Gasteiger partial charge >= 0.3 is 6.03 Å². The van der Waals surface area contributed by atoms with Crippen LogP contribution in [-0.2, 0) is 11.3 Å². The zero-order valence-corrected chi connectivity index (χ0v) is 18.4. The molecule has 1 fully saturated rings. The van der Waals surface area contributed by atoms with Crippen LogP contribution >= 0.6 is 11.6 Å². The summed E-state index contributed by atoms with van der Waals surface area (Å²) < 4.78 is 1.60. The molecular formula is C23H25ClN6O2. The number of hydrogen-bond donors (Lipinski definition) is 4. The van der Waals surface area contributed by atoms with Gasteiger partial charge in [0.1, 0.15) is 5.82 Å². The standard InChI is InChI=1S/C23H25ClN6O2/c1-2-18-12-21(31)28-22(26-18)30-20(13-19(29-30)16-6-4-3-5-7-16)27-23(32)25-14-15-8-10-17(24)11-9-15/h3-11,13,18,22,26H,2,12,14H2,1H3,(H,28,31)(H2,25,27,32). The first-order chi connectivity index (χ1) is 15.5. The van der Waals surface area contributed by atoms with Gasteiger partial charge in [-0.15, -0.1) is 0 Å². The summed E-state index contributed by atoms with van der Waals surface area (Å²) in [4.78, 5) is 24.8. The molecule has 4 rings (SSSR count). The van der Waals surface area contributed by atoms with Crippen molar-refractivity contribution in [1.82, 2.24) is 25.7 Å². The summed E-state index contributed by atoms with van der Waals surface area (Å²) in [6.07, 6.45) is 0.649. The minimum Gasteiger partial charge on any atom is -0.334 e. The van der Waals surface area contributed by atoms with Gasteiger partial charge < -0.3 is 10.6 Å². The average molecular weight is 453 g/mol. The molecule has 9 heteroatoms. The average Bonchev–Trinajstić information content (AvgIpc) is 3.22. The van der Waals surface area contributed by atoms with Crippen LogP contribution in [0.4, 0.5) is 10.6 Å². The molecule has 3 aromatic rings. The van der Waals surface area contributed by atoms with Crippen molar-refractivity contribution in [2.75, 3.05) is 5.32 Å². The van der Waals surface area contributed by atoms with Crippen molar-refractivity contribution in [3.05, 3.63) is 71.2 Å². The molecule has 1 aromatic heterocycles. The molecule has 0 bridgehead atoms. The van der Waals surface area contributed by atoms with Gasteiger partial charge in [-0.1, -0.05) is 61.0 Å². The zero-order valence-electron chi connectivity index (χ0n) is 17.6. The van der Waals surface area contributed by atoms with Crippen molar-refractivity contribution in [2.24, 2.45) is 0 Å². The first kappa shape index (κ1) is 21.9. The molecule has 3 amide bonds. The number of benzene rings is 2. The van der Waals surface area contributed by atoms with Crippen LogP contribution in [-0.4, -0.2) is 27.8 Å². The Bertz CT molecular complexity index is 1080. The number of hydrogen-bond acceptors (Lipinski definition) is 4. The van der Waals surface area contributed by atoms with Gasteiger partial charge in [-0.3, -0.25) is 15.4 Å². The molecule has 1 saturated heterocycles. The molecule has 1 aliphatic rings. The Labute approximate surface area is 191 Å². The number of amides is 3. The highest BCUT2D eigenvalue weighted by molar-refractivity contribution is 6.30. The van der Waals surface area contributed by atoms with Gasteiger partial charge in [-0.2, -0.15) is 5.10 Å². The fraction of sp³-hybridized carbons (Fsp3) is 0.261. The van der Waals surface area contributed by atoms with Gasteiger partial charge in [0.05, 0.1) is 5.69 Å². The molecule has 0 saturated carbocycles. The maximum atomic E-state index is 12.6. The number of rotatable bonds is 6. The smallest absolute Gasteiger partial charge is 0.320 e. The van der Waals surface area contributed by atoms with Gasteiger partial charge in [0.2, 0.25) is 5.91 Å². The first-order valence-corrected chi connectivity index (χ1v) is 10.9. The molecule has 2 aromatic carbocycles. The van der Waals surface area contributed by atoms with Crippen molar-refractivity contribution in [3.63, 3.8) is 0 Å². The number of carbonyl (C=O) groups excluding carboxylic acids is 2. The molecule has 8 nitrogen and oxygen atoms in total. The lowest BCUT2D eigenvalue weighted by Gasteiger charge is -2.31. The van der Waals surface area contributed by atoms with Crippen molar-refractivity contribution in [3.8, 4) is 11.3 Å². The summed E-state index contributed by atoms with van der Waals surface area (Å²) in [6.45, 7) is 2.37. The van der Waals surface area contributed by atoms with E-state index in [-0.39, 0.29) is 18.0 Å². The Morgan fingerprint density at radius 2 is 1.94 bits per heavy atom. The van der Waals surface area contributed by atoms with E-state index in [0.717, 1.165) is 17.5 Å². The maximum Gasteiger partial charge on any atom is 0.320 e. The molecular weight excluding hydrogens is 428 g/mol. The molecule has 32 heavy (non-hydrogen) atoms. The molecule has 0 spiro atoms. The SMILES string of the molecule is CCC1CC(=O)NC(n2nc(-c3ccccc3)cc2NC(=O)NCc2ccc(Cl)cc2)N1. The molecule has 2 unspecified atom stereocenters. The van der Waals surface area contributed by atoms with E-state index in [9.17, 15) is 9.59 Å². The number of anilines is 1. The second-order valence-electron chi connectivity index (χ2n) is 7.61. The van der Waals surface area contributed by atoms with E-state index in [4.69, 9.17) is 11.6 Å². The summed E-state index contributed by atoms with van der Waals surface area (Å²) in [6, 6.07) is 18.4. The lowest BCUT2D eigenvalue weighted by atomic mass is 10.1. The molecule has 4 N–H and O–H groups in total. The maximum absolute atomic E-state index is 12.6. The quantitative estimate of drug-likeness (QED) is 0.456. The van der Waals surface area contributed by atoms with E-state index >= 15 is 0 Å². The minimum atomic E-state index is -0.565. The number of urea groups is 1. The van der Waals surface area contributed by atoms with E-state index in [0.29, 0.717) is 29.5 Å². The third kappa shape index (κ3) is 5.27. The zero-order chi connectivity index (χ0) is 22.5. The van der Waals surface area contributed by atoms with Crippen molar-refractivity contribution in [1.29, 1.82) is 0 Å². The van der Waals surface area contributed by atoms with Crippen LogP contribution in [0, 0.1) is 0 Å². The van der Waals surface area contributed by atoms with Crippen molar-refractivity contribution < 1.29 is 9.59 Å². The predicted molar refractivity (Wildman–Crippen MR) is 124 cm³/mol. The molecule has 2 atom stereocenters. The van der Waals surface area contributed by atoms with Gasteiger partial charge in [-0.05, 0) is 24.1 Å². The summed E-state index contributed by atoms with van der Waals surface area (Å²) in [5.41, 5.74) is 2.52. The summed E-state index contributed by atoms with van der Waals surface area (Å²) in [5, 5.41) is 17.3. The topological polar surface area (TPSA) is 100 Å². The van der Waals surface area contributed by atoms with Crippen LogP contribution in [0.15, 0.2) is 60.7 Å². The van der Waals surface area contributed by atoms with Crippen LogP contribution in [0.1, 0.15) is 31.6 Å². The molecule has 1 aliphatic heterocycles. The normalized spacial score (nSPS) is 18.1. The second kappa shape index (κ2) is 9.84. The van der Waals surface area contributed by atoms with E-state index in [1.807, 2.05) is 49.4 Å². The number of halogens is 1. The highest BCUT2D eigenvalue weighted by Gasteiger charge is 2.28. The monoisotopic (exact) mass is 452 g/mol. The highest BCUT2D eigenvalue weighted by Crippen LogP contribution is 2.25. The van der Waals surface area contributed by atoms with Gasteiger partial charge in [0.25, 0.3) is 0 Å². The van der Waals surface area contributed by atoms with Crippen LogP contribution in [0.3, 0.4) is 0 Å². The number of nitrogens with one attached hydrogen (secondary N) is 4.